The van der Waals surface area contributed by atoms with Crippen LogP contribution in [0.3, 0.4) is 0 Å². The van der Waals surface area contributed by atoms with Gasteiger partial charge in [0.15, 0.2) is 9.04 Å². The fraction of sp³-hybridized carbons (Fsp3) is 0.467. The smallest absolute Gasteiger partial charge is 0.178 e. The lowest BCUT2D eigenvalue weighted by Crippen LogP contribution is -2.25. The summed E-state index contributed by atoms with van der Waals surface area (Å²) in [4.78, 5) is 2.26. The summed E-state index contributed by atoms with van der Waals surface area (Å²) in [7, 11) is 0.758. The van der Waals surface area contributed by atoms with E-state index in [2.05, 4.69) is 35.7 Å². The molecule has 4 heteroatoms. The zero-order chi connectivity index (χ0) is 13.9. The molecule has 0 saturated heterocycles. The SMILES string of the molecule is C=CN(CC[SiH](CCCN)OC)Cc1ccccc1. The van der Waals surface area contributed by atoms with Crippen LogP contribution in [0.4, 0.5) is 0 Å². The highest BCUT2D eigenvalue weighted by molar-refractivity contribution is 6.51. The Hall–Kier alpha value is -1.10. The maximum atomic E-state index is 5.62. The predicted molar refractivity (Wildman–Crippen MR) is 84.5 cm³/mol. The van der Waals surface area contributed by atoms with Gasteiger partial charge in [0.1, 0.15) is 0 Å². The van der Waals surface area contributed by atoms with Crippen LogP contribution < -0.4 is 5.73 Å². The molecule has 0 amide bonds. The Labute approximate surface area is 118 Å². The zero-order valence-electron chi connectivity index (χ0n) is 11.9. The molecule has 0 aliphatic rings. The van der Waals surface area contributed by atoms with Crippen LogP contribution in [0.1, 0.15) is 12.0 Å². The van der Waals surface area contributed by atoms with Gasteiger partial charge in [0, 0.05) is 20.2 Å². The average molecular weight is 278 g/mol. The van der Waals surface area contributed by atoms with Crippen LogP contribution in [0.5, 0.6) is 0 Å². The standard InChI is InChI=1S/C15H26N2OSi/c1-3-17(14-15-8-5-4-6-9-15)11-13-19(18-2)12-7-10-16/h3-6,8-9,19H,1,7,10-14,16H2,2H3. The van der Waals surface area contributed by atoms with Crippen molar-refractivity contribution < 1.29 is 4.43 Å². The summed E-state index contributed by atoms with van der Waals surface area (Å²) in [6.45, 7) is 6.61. The molecule has 0 fully saturated rings. The van der Waals surface area contributed by atoms with E-state index < -0.39 is 9.04 Å². The van der Waals surface area contributed by atoms with E-state index in [-0.39, 0.29) is 0 Å². The van der Waals surface area contributed by atoms with E-state index in [0.29, 0.717) is 0 Å². The highest BCUT2D eigenvalue weighted by Crippen LogP contribution is 2.09. The van der Waals surface area contributed by atoms with Gasteiger partial charge in [0.2, 0.25) is 0 Å². The summed E-state index contributed by atoms with van der Waals surface area (Å²) in [5, 5.41) is 0. The minimum Gasteiger partial charge on any atom is -0.423 e. The Balaban J connectivity index is 2.37. The number of hydrogen-bond donors (Lipinski definition) is 1. The number of rotatable bonds is 10. The van der Waals surface area contributed by atoms with Gasteiger partial charge in [-0.15, -0.1) is 0 Å². The Morgan fingerprint density at radius 3 is 2.63 bits per heavy atom. The fourth-order valence-electron chi connectivity index (χ4n) is 2.09. The molecular formula is C15H26N2OSi. The second-order valence-corrected chi connectivity index (χ2v) is 7.59. The Morgan fingerprint density at radius 2 is 2.05 bits per heavy atom. The molecule has 1 aromatic rings. The van der Waals surface area contributed by atoms with Crippen molar-refractivity contribution in [1.29, 1.82) is 0 Å². The maximum Gasteiger partial charge on any atom is 0.178 e. The lowest BCUT2D eigenvalue weighted by molar-refractivity contribution is 0.368. The molecule has 1 aromatic carbocycles. The van der Waals surface area contributed by atoms with E-state index in [1.54, 1.807) is 0 Å². The molecule has 0 saturated carbocycles. The van der Waals surface area contributed by atoms with E-state index in [9.17, 15) is 0 Å². The molecule has 0 radical (unpaired) electrons. The van der Waals surface area contributed by atoms with E-state index in [4.69, 9.17) is 10.2 Å². The van der Waals surface area contributed by atoms with Gasteiger partial charge in [-0.1, -0.05) is 36.9 Å². The highest BCUT2D eigenvalue weighted by Gasteiger charge is 2.11. The molecule has 1 atom stereocenters. The van der Waals surface area contributed by atoms with E-state index in [0.717, 1.165) is 32.1 Å². The van der Waals surface area contributed by atoms with Crippen LogP contribution in [-0.2, 0) is 11.0 Å². The molecule has 0 heterocycles. The van der Waals surface area contributed by atoms with Crippen LogP contribution in [0, 0.1) is 0 Å². The Morgan fingerprint density at radius 1 is 1.32 bits per heavy atom. The molecule has 0 aliphatic heterocycles. The van der Waals surface area contributed by atoms with Crippen LogP contribution in [0.15, 0.2) is 43.1 Å². The van der Waals surface area contributed by atoms with E-state index in [1.165, 1.54) is 11.6 Å². The van der Waals surface area contributed by atoms with Crippen molar-refractivity contribution in [2.45, 2.75) is 25.1 Å². The summed E-state index contributed by atoms with van der Waals surface area (Å²) >= 11 is 0. The van der Waals surface area contributed by atoms with Crippen molar-refractivity contribution in [2.24, 2.45) is 5.73 Å². The molecule has 0 aromatic heterocycles. The first kappa shape index (κ1) is 16.0. The van der Waals surface area contributed by atoms with Crippen LogP contribution >= 0.6 is 0 Å². The first-order valence-corrected chi connectivity index (χ1v) is 9.04. The third kappa shape index (κ3) is 6.57. The summed E-state index contributed by atoms with van der Waals surface area (Å²) < 4.78 is 5.62. The minimum absolute atomic E-state index is 0.766. The monoisotopic (exact) mass is 278 g/mol. The van der Waals surface area contributed by atoms with Crippen molar-refractivity contribution >= 4 is 9.04 Å². The molecule has 19 heavy (non-hydrogen) atoms. The third-order valence-corrected chi connectivity index (χ3v) is 5.91. The third-order valence-electron chi connectivity index (χ3n) is 3.29. The van der Waals surface area contributed by atoms with Crippen molar-refractivity contribution in [2.75, 3.05) is 20.2 Å². The van der Waals surface area contributed by atoms with Gasteiger partial charge in [0.25, 0.3) is 0 Å². The molecule has 0 bridgehead atoms. The molecular weight excluding hydrogens is 252 g/mol. The van der Waals surface area contributed by atoms with Crippen LogP contribution in [0.25, 0.3) is 0 Å². The lowest BCUT2D eigenvalue weighted by atomic mass is 10.2. The van der Waals surface area contributed by atoms with Crippen molar-refractivity contribution in [3.05, 3.63) is 48.7 Å². The van der Waals surface area contributed by atoms with Gasteiger partial charge < -0.3 is 15.1 Å². The van der Waals surface area contributed by atoms with Crippen LogP contribution in [0.2, 0.25) is 12.1 Å². The van der Waals surface area contributed by atoms with Crippen LogP contribution in [-0.4, -0.2) is 34.1 Å². The quantitative estimate of drug-likeness (QED) is 0.668. The number of nitrogens with zero attached hydrogens (tertiary/aromatic N) is 1. The largest absolute Gasteiger partial charge is 0.423 e. The molecule has 1 unspecified atom stereocenters. The number of nitrogens with two attached hydrogens (primary N) is 1. The summed E-state index contributed by atoms with van der Waals surface area (Å²) in [5.41, 5.74) is 6.88. The first-order valence-electron chi connectivity index (χ1n) is 6.93. The van der Waals surface area contributed by atoms with Gasteiger partial charge in [-0.05, 0) is 36.8 Å². The molecule has 1 rings (SSSR count). The van der Waals surface area contributed by atoms with E-state index in [1.807, 2.05) is 19.4 Å². The maximum absolute atomic E-state index is 5.62. The Kier molecular flexibility index (Phi) is 8.21. The lowest BCUT2D eigenvalue weighted by Gasteiger charge is -2.22. The molecule has 3 nitrogen and oxygen atoms in total. The number of hydrogen-bond acceptors (Lipinski definition) is 3. The normalized spacial score (nSPS) is 12.1. The summed E-state index contributed by atoms with van der Waals surface area (Å²) in [5.74, 6) is 0. The first-order chi connectivity index (χ1) is 9.30. The minimum atomic E-state index is -1.08. The summed E-state index contributed by atoms with van der Waals surface area (Å²) in [6.07, 6.45) is 3.01. The van der Waals surface area contributed by atoms with Crippen molar-refractivity contribution in [1.82, 2.24) is 4.90 Å². The van der Waals surface area contributed by atoms with E-state index >= 15 is 0 Å². The second kappa shape index (κ2) is 9.78. The van der Waals surface area contributed by atoms with Gasteiger partial charge in [-0.3, -0.25) is 0 Å². The van der Waals surface area contributed by atoms with Gasteiger partial charge in [0.05, 0.1) is 0 Å². The molecule has 0 aliphatic carbocycles. The second-order valence-electron chi connectivity index (χ2n) is 4.72. The van der Waals surface area contributed by atoms with Crippen molar-refractivity contribution in [3.63, 3.8) is 0 Å². The highest BCUT2D eigenvalue weighted by atomic mass is 28.3. The van der Waals surface area contributed by atoms with Crippen molar-refractivity contribution in [3.8, 4) is 0 Å². The van der Waals surface area contributed by atoms with Gasteiger partial charge in [-0.2, -0.15) is 0 Å². The molecule has 2 N–H and O–H groups in total. The fourth-order valence-corrected chi connectivity index (χ4v) is 4.16. The van der Waals surface area contributed by atoms with Gasteiger partial charge in [-0.25, -0.2) is 0 Å². The topological polar surface area (TPSA) is 38.5 Å². The summed E-state index contributed by atoms with van der Waals surface area (Å²) in [6, 6.07) is 12.8. The Bertz CT molecular complexity index is 345. The average Bonchev–Trinajstić information content (AvgIpc) is 2.47. The zero-order valence-corrected chi connectivity index (χ0v) is 13.1. The number of benzene rings is 1. The van der Waals surface area contributed by atoms with Gasteiger partial charge >= 0.3 is 0 Å². The molecule has 0 spiro atoms. The molecule has 106 valence electrons. The predicted octanol–water partition coefficient (Wildman–Crippen LogP) is 2.35.